The summed E-state index contributed by atoms with van der Waals surface area (Å²) in [6.45, 7) is 3.74. The number of nitrogens with zero attached hydrogens (tertiary/aromatic N) is 2. The summed E-state index contributed by atoms with van der Waals surface area (Å²) < 4.78 is 30.6. The fourth-order valence-electron chi connectivity index (χ4n) is 4.18. The summed E-state index contributed by atoms with van der Waals surface area (Å²) in [5.74, 6) is -0.226. The SMILES string of the molecule is COc1ccc(C(=O)C(Cc2cc(OC)c(OC)c(OC(C)C)c2)=C(C(=O)[O-])c2ccc3nsnc3c2)cc1.[Na+]. The number of carbonyl (C=O) groups excluding carboxylic acids is 2. The normalized spacial score (nSPS) is 11.4. The quantitative estimate of drug-likeness (QED) is 0.149. The van der Waals surface area contributed by atoms with Gasteiger partial charge in [0, 0.05) is 23.1 Å². The Hall–Kier alpha value is -3.44. The van der Waals surface area contributed by atoms with Crippen LogP contribution in [0.1, 0.15) is 35.3 Å². The Morgan fingerprint density at radius 1 is 0.850 bits per heavy atom. The molecule has 1 aromatic heterocycles. The van der Waals surface area contributed by atoms with Crippen LogP contribution in [0.3, 0.4) is 0 Å². The maximum Gasteiger partial charge on any atom is 1.00 e. The molecule has 0 aliphatic rings. The van der Waals surface area contributed by atoms with E-state index in [1.54, 1.807) is 54.6 Å². The van der Waals surface area contributed by atoms with E-state index in [0.717, 1.165) is 11.7 Å². The van der Waals surface area contributed by atoms with Crippen molar-refractivity contribution in [3.05, 3.63) is 76.9 Å². The maximum absolute atomic E-state index is 13.9. The number of hydrogen-bond donors (Lipinski definition) is 0. The van der Waals surface area contributed by atoms with Crippen molar-refractivity contribution in [1.29, 1.82) is 0 Å². The van der Waals surface area contributed by atoms with E-state index in [9.17, 15) is 14.7 Å². The Morgan fingerprint density at radius 2 is 1.50 bits per heavy atom. The predicted molar refractivity (Wildman–Crippen MR) is 146 cm³/mol. The number of fused-ring (bicyclic) bond motifs is 1. The number of benzene rings is 3. The van der Waals surface area contributed by atoms with Crippen LogP contribution in [0, 0.1) is 0 Å². The fourth-order valence-corrected chi connectivity index (χ4v) is 4.70. The monoisotopic (exact) mass is 570 g/mol. The minimum atomic E-state index is -1.49. The van der Waals surface area contributed by atoms with Crippen molar-refractivity contribution >= 4 is 40.1 Å². The molecule has 9 nitrogen and oxygen atoms in total. The van der Waals surface area contributed by atoms with Crippen LogP contribution >= 0.6 is 11.7 Å². The summed E-state index contributed by atoms with van der Waals surface area (Å²) in [5, 5.41) is 12.6. The maximum atomic E-state index is 13.9. The summed E-state index contributed by atoms with van der Waals surface area (Å²) in [6, 6.07) is 14.7. The molecule has 0 radical (unpaired) electrons. The number of allylic oxidation sites excluding steroid dienone is 1. The number of Topliss-reactive ketones (excluding diaryl/α,β-unsaturated/α-hetero) is 1. The second-order valence-corrected chi connectivity index (χ2v) is 9.37. The number of hydrogen-bond acceptors (Lipinski definition) is 10. The summed E-state index contributed by atoms with van der Waals surface area (Å²) in [6.07, 6.45) is -0.233. The largest absolute Gasteiger partial charge is 1.00 e. The molecule has 0 spiro atoms. The van der Waals surface area contributed by atoms with Gasteiger partial charge in [-0.25, -0.2) is 0 Å². The third-order valence-electron chi connectivity index (χ3n) is 5.92. The second-order valence-electron chi connectivity index (χ2n) is 8.84. The molecule has 4 rings (SSSR count). The van der Waals surface area contributed by atoms with Gasteiger partial charge >= 0.3 is 29.6 Å². The van der Waals surface area contributed by atoms with Crippen molar-refractivity contribution < 1.29 is 63.2 Å². The zero-order valence-electron chi connectivity index (χ0n) is 23.1. The molecule has 202 valence electrons. The van der Waals surface area contributed by atoms with Crippen molar-refractivity contribution in [2.45, 2.75) is 26.4 Å². The first-order valence-electron chi connectivity index (χ1n) is 12.0. The average Bonchev–Trinajstić information content (AvgIpc) is 3.39. The van der Waals surface area contributed by atoms with Crippen LogP contribution in [0.2, 0.25) is 0 Å². The van der Waals surface area contributed by atoms with Crippen LogP contribution in [0.4, 0.5) is 0 Å². The van der Waals surface area contributed by atoms with E-state index < -0.39 is 11.8 Å². The molecule has 0 amide bonds. The van der Waals surface area contributed by atoms with E-state index in [1.165, 1.54) is 21.3 Å². The molecule has 40 heavy (non-hydrogen) atoms. The van der Waals surface area contributed by atoms with Crippen molar-refractivity contribution in [2.24, 2.45) is 0 Å². The molecule has 0 saturated heterocycles. The number of carboxylic acid groups (broad SMARTS) is 1. The van der Waals surface area contributed by atoms with Crippen LogP contribution in [-0.4, -0.2) is 47.9 Å². The first-order valence-corrected chi connectivity index (χ1v) is 12.8. The van der Waals surface area contributed by atoms with Crippen LogP contribution in [0.15, 0.2) is 60.2 Å². The van der Waals surface area contributed by atoms with Crippen LogP contribution < -0.4 is 53.6 Å². The predicted octanol–water partition coefficient (Wildman–Crippen LogP) is 1.14. The molecule has 0 aliphatic carbocycles. The van der Waals surface area contributed by atoms with Crippen LogP contribution in [0.5, 0.6) is 23.0 Å². The molecule has 4 aromatic rings. The number of aliphatic carboxylic acids is 1. The molecule has 0 saturated carbocycles. The van der Waals surface area contributed by atoms with Gasteiger partial charge in [0.1, 0.15) is 16.8 Å². The van der Waals surface area contributed by atoms with Gasteiger partial charge in [0.25, 0.3) is 0 Å². The van der Waals surface area contributed by atoms with Crippen molar-refractivity contribution in [2.75, 3.05) is 21.3 Å². The number of carbonyl (C=O) groups is 2. The second kappa shape index (κ2) is 13.8. The molecule has 3 aromatic carbocycles. The Labute approximate surface area is 258 Å². The molecule has 1 heterocycles. The van der Waals surface area contributed by atoms with Gasteiger partial charge in [-0.15, -0.1) is 0 Å². The fraction of sp³-hybridized carbons (Fsp3) is 0.241. The summed E-state index contributed by atoms with van der Waals surface area (Å²) in [5.41, 5.74) is 2.07. The molecule has 11 heteroatoms. The minimum Gasteiger partial charge on any atom is -0.545 e. The number of methoxy groups -OCH3 is 3. The van der Waals surface area contributed by atoms with Crippen molar-refractivity contribution in [3.8, 4) is 23.0 Å². The molecule has 0 unspecified atom stereocenters. The van der Waals surface area contributed by atoms with Crippen molar-refractivity contribution in [1.82, 2.24) is 8.75 Å². The number of ether oxygens (including phenoxy) is 4. The molecule has 0 bridgehead atoms. The number of rotatable bonds is 11. The molecular weight excluding hydrogens is 543 g/mol. The third-order valence-corrected chi connectivity index (χ3v) is 6.48. The summed E-state index contributed by atoms with van der Waals surface area (Å²) in [7, 11) is 4.51. The third kappa shape index (κ3) is 6.82. The summed E-state index contributed by atoms with van der Waals surface area (Å²) >= 11 is 1.02. The zero-order valence-corrected chi connectivity index (χ0v) is 26.0. The average molecular weight is 571 g/mol. The van der Waals surface area contributed by atoms with E-state index in [0.29, 0.717) is 45.2 Å². The number of aromatic nitrogens is 2. The smallest absolute Gasteiger partial charge is 0.545 e. The van der Waals surface area contributed by atoms with E-state index in [4.69, 9.17) is 18.9 Å². The molecule has 0 atom stereocenters. The topological polar surface area (TPSA) is 120 Å². The van der Waals surface area contributed by atoms with E-state index in [-0.39, 0.29) is 58.8 Å². The molecule has 0 N–H and O–H groups in total. The number of carboxylic acids is 1. The Morgan fingerprint density at radius 3 is 2.10 bits per heavy atom. The number of ketones is 1. The van der Waals surface area contributed by atoms with Gasteiger partial charge in [0.05, 0.1) is 45.1 Å². The first kappa shape index (κ1) is 31.1. The van der Waals surface area contributed by atoms with E-state index >= 15 is 0 Å². The zero-order chi connectivity index (χ0) is 28.1. The van der Waals surface area contributed by atoms with Crippen molar-refractivity contribution in [3.63, 3.8) is 0 Å². The van der Waals surface area contributed by atoms with Crippen LogP contribution in [-0.2, 0) is 11.2 Å². The van der Waals surface area contributed by atoms with Gasteiger partial charge in [-0.1, -0.05) is 6.07 Å². The van der Waals surface area contributed by atoms with Crippen LogP contribution in [0.25, 0.3) is 16.6 Å². The van der Waals surface area contributed by atoms with Gasteiger partial charge in [0.15, 0.2) is 17.3 Å². The molecular formula is C29H27N2NaO7S. The summed E-state index contributed by atoms with van der Waals surface area (Å²) in [4.78, 5) is 26.6. The molecule has 0 aliphatic heterocycles. The minimum absolute atomic E-state index is 0. The Bertz CT molecular complexity index is 1550. The Balaban J connectivity index is 0.00000441. The van der Waals surface area contributed by atoms with Gasteiger partial charge in [-0.2, -0.15) is 8.75 Å². The Kier molecular flexibility index (Phi) is 10.7. The van der Waals surface area contributed by atoms with Gasteiger partial charge in [0.2, 0.25) is 5.75 Å². The van der Waals surface area contributed by atoms with Gasteiger partial charge < -0.3 is 28.8 Å². The molecule has 0 fully saturated rings. The first-order chi connectivity index (χ1) is 18.7. The van der Waals surface area contributed by atoms with E-state index in [1.807, 2.05) is 13.8 Å². The standard InChI is InChI=1S/C29H28N2O7S.Na/c1-16(2)38-25-14-17(13-24(36-4)28(25)37-5)12-21(27(32)18-6-9-20(35-3)10-7-18)26(29(33)34)19-8-11-22-23(15-19)31-39-30-22;/h6-11,13-16H,12H2,1-5H3,(H,33,34);/q;+1/p-1. The van der Waals surface area contributed by atoms with Gasteiger partial charge in [-0.05, 0) is 73.5 Å². The van der Waals surface area contributed by atoms with Gasteiger partial charge in [-0.3, -0.25) is 4.79 Å². The van der Waals surface area contributed by atoms with E-state index in [2.05, 4.69) is 8.75 Å².